The van der Waals surface area contributed by atoms with Gasteiger partial charge in [-0.15, -0.1) is 0 Å². The van der Waals surface area contributed by atoms with Gasteiger partial charge in [0.2, 0.25) is 0 Å². The molecule has 2 rings (SSSR count). The second-order valence-corrected chi connectivity index (χ2v) is 6.42. The molecule has 1 N–H and O–H groups in total. The van der Waals surface area contributed by atoms with E-state index < -0.39 is 5.97 Å². The maximum atomic E-state index is 12.4. The summed E-state index contributed by atoms with van der Waals surface area (Å²) < 4.78 is 5.86. The first-order valence-corrected chi connectivity index (χ1v) is 8.02. The molecule has 20 heavy (non-hydrogen) atoms. The lowest BCUT2D eigenvalue weighted by Gasteiger charge is -2.38. The summed E-state index contributed by atoms with van der Waals surface area (Å²) in [6.45, 7) is 2.08. The maximum absolute atomic E-state index is 12.4. The van der Waals surface area contributed by atoms with Crippen LogP contribution in [-0.2, 0) is 14.3 Å². The lowest BCUT2D eigenvalue weighted by molar-refractivity contribution is -0.171. The first-order chi connectivity index (χ1) is 9.56. The van der Waals surface area contributed by atoms with E-state index >= 15 is 0 Å². The van der Waals surface area contributed by atoms with Crippen LogP contribution in [0.25, 0.3) is 0 Å². The average molecular weight is 282 g/mol. The van der Waals surface area contributed by atoms with E-state index in [0.29, 0.717) is 12.8 Å². The third-order valence-electron chi connectivity index (χ3n) is 5.08. The molecule has 0 bridgehead atoms. The smallest absolute Gasteiger partial charge is 0.309 e. The first-order valence-electron chi connectivity index (χ1n) is 8.02. The Balaban J connectivity index is 1.94. The molecular formula is C16H26O4. The molecule has 0 saturated heterocycles. The Labute approximate surface area is 120 Å². The molecule has 4 heteroatoms. The van der Waals surface area contributed by atoms with Crippen LogP contribution in [0.1, 0.15) is 71.1 Å². The molecule has 0 aromatic rings. The molecule has 4 nitrogen and oxygen atoms in total. The van der Waals surface area contributed by atoms with Crippen molar-refractivity contribution >= 4 is 11.9 Å². The number of rotatable bonds is 4. The molecule has 2 aliphatic rings. The van der Waals surface area contributed by atoms with Crippen molar-refractivity contribution in [3.63, 3.8) is 0 Å². The number of ether oxygens (including phenoxy) is 1. The van der Waals surface area contributed by atoms with Crippen molar-refractivity contribution in [2.75, 3.05) is 0 Å². The highest BCUT2D eigenvalue weighted by molar-refractivity contribution is 5.76. The van der Waals surface area contributed by atoms with Gasteiger partial charge in [-0.1, -0.05) is 19.8 Å². The van der Waals surface area contributed by atoms with Gasteiger partial charge in [0.15, 0.2) is 0 Å². The molecule has 0 aromatic heterocycles. The van der Waals surface area contributed by atoms with Crippen LogP contribution in [0.15, 0.2) is 0 Å². The van der Waals surface area contributed by atoms with Gasteiger partial charge >= 0.3 is 11.9 Å². The van der Waals surface area contributed by atoms with E-state index in [0.717, 1.165) is 44.9 Å². The molecular weight excluding hydrogens is 256 g/mol. The van der Waals surface area contributed by atoms with Crippen LogP contribution in [0.3, 0.4) is 0 Å². The molecule has 0 aromatic carbocycles. The summed E-state index contributed by atoms with van der Waals surface area (Å²) in [6.07, 6.45) is 9.02. The van der Waals surface area contributed by atoms with Gasteiger partial charge in [0.1, 0.15) is 5.60 Å². The number of hydrogen-bond acceptors (Lipinski definition) is 3. The van der Waals surface area contributed by atoms with Crippen molar-refractivity contribution in [3.8, 4) is 0 Å². The van der Waals surface area contributed by atoms with Gasteiger partial charge < -0.3 is 9.84 Å². The highest BCUT2D eigenvalue weighted by Crippen LogP contribution is 2.37. The lowest BCUT2D eigenvalue weighted by Crippen LogP contribution is -2.40. The minimum atomic E-state index is -0.773. The maximum Gasteiger partial charge on any atom is 0.309 e. The zero-order chi connectivity index (χ0) is 14.6. The Hall–Kier alpha value is -1.06. The summed E-state index contributed by atoms with van der Waals surface area (Å²) >= 11 is 0. The summed E-state index contributed by atoms with van der Waals surface area (Å²) in [5, 5.41) is 9.10. The molecule has 0 spiro atoms. The Morgan fingerprint density at radius 1 is 1.10 bits per heavy atom. The SMILES string of the molecule is CCC1(OC(=O)C2CCCC(C(=O)O)C2)CCCCC1. The van der Waals surface area contributed by atoms with E-state index in [1.54, 1.807) is 0 Å². The van der Waals surface area contributed by atoms with Crippen molar-refractivity contribution in [1.82, 2.24) is 0 Å². The van der Waals surface area contributed by atoms with Gasteiger partial charge in [-0.3, -0.25) is 9.59 Å². The zero-order valence-electron chi connectivity index (χ0n) is 12.4. The topological polar surface area (TPSA) is 63.6 Å². The van der Waals surface area contributed by atoms with Crippen LogP contribution in [0.4, 0.5) is 0 Å². The minimum absolute atomic E-state index is 0.153. The highest BCUT2D eigenvalue weighted by atomic mass is 16.6. The fourth-order valence-electron chi connectivity index (χ4n) is 3.65. The number of aliphatic carboxylic acids is 1. The molecule has 2 fully saturated rings. The Morgan fingerprint density at radius 2 is 1.75 bits per heavy atom. The van der Waals surface area contributed by atoms with Crippen molar-refractivity contribution in [2.24, 2.45) is 11.8 Å². The van der Waals surface area contributed by atoms with E-state index in [9.17, 15) is 9.59 Å². The van der Waals surface area contributed by atoms with E-state index in [1.165, 1.54) is 6.42 Å². The average Bonchev–Trinajstić information content (AvgIpc) is 2.48. The van der Waals surface area contributed by atoms with Crippen molar-refractivity contribution in [1.29, 1.82) is 0 Å². The number of esters is 1. The van der Waals surface area contributed by atoms with Crippen molar-refractivity contribution < 1.29 is 19.4 Å². The van der Waals surface area contributed by atoms with Crippen LogP contribution in [0.2, 0.25) is 0 Å². The second-order valence-electron chi connectivity index (χ2n) is 6.42. The van der Waals surface area contributed by atoms with Crippen molar-refractivity contribution in [3.05, 3.63) is 0 Å². The van der Waals surface area contributed by atoms with E-state index in [1.807, 2.05) is 0 Å². The quantitative estimate of drug-likeness (QED) is 0.801. The predicted octanol–water partition coefficient (Wildman–Crippen LogP) is 3.53. The molecule has 0 heterocycles. The number of carbonyl (C=O) groups excluding carboxylic acids is 1. The third kappa shape index (κ3) is 3.53. The summed E-state index contributed by atoms with van der Waals surface area (Å²) in [6, 6.07) is 0. The lowest BCUT2D eigenvalue weighted by atomic mass is 9.80. The van der Waals surface area contributed by atoms with E-state index in [4.69, 9.17) is 9.84 Å². The Morgan fingerprint density at radius 3 is 2.35 bits per heavy atom. The summed E-state index contributed by atoms with van der Waals surface area (Å²) in [5.74, 6) is -1.51. The van der Waals surface area contributed by atoms with Crippen molar-refractivity contribution in [2.45, 2.75) is 76.7 Å². The van der Waals surface area contributed by atoms with Crippen LogP contribution < -0.4 is 0 Å². The largest absolute Gasteiger partial charge is 0.481 e. The molecule has 0 aliphatic heterocycles. The Bertz CT molecular complexity index is 357. The van der Waals surface area contributed by atoms with Crippen LogP contribution in [-0.4, -0.2) is 22.6 Å². The molecule has 0 radical (unpaired) electrons. The van der Waals surface area contributed by atoms with E-state index in [-0.39, 0.29) is 23.4 Å². The summed E-state index contributed by atoms with van der Waals surface area (Å²) in [5.41, 5.74) is -0.272. The summed E-state index contributed by atoms with van der Waals surface area (Å²) in [4.78, 5) is 23.5. The van der Waals surface area contributed by atoms with E-state index in [2.05, 4.69) is 6.92 Å². The van der Waals surface area contributed by atoms with Gasteiger partial charge in [0.25, 0.3) is 0 Å². The van der Waals surface area contributed by atoms with Gasteiger partial charge in [-0.05, 0) is 51.4 Å². The van der Waals surface area contributed by atoms with Crippen LogP contribution in [0.5, 0.6) is 0 Å². The van der Waals surface area contributed by atoms with Crippen LogP contribution in [0, 0.1) is 11.8 Å². The van der Waals surface area contributed by atoms with Gasteiger partial charge in [-0.25, -0.2) is 0 Å². The molecule has 2 unspecified atom stereocenters. The molecule has 114 valence electrons. The van der Waals surface area contributed by atoms with Gasteiger partial charge in [0.05, 0.1) is 11.8 Å². The Kier molecular flexibility index (Phi) is 5.06. The van der Waals surface area contributed by atoms with Gasteiger partial charge in [0, 0.05) is 0 Å². The zero-order valence-corrected chi connectivity index (χ0v) is 12.4. The first kappa shape index (κ1) is 15.3. The normalized spacial score (nSPS) is 29.6. The molecule has 2 aliphatic carbocycles. The molecule has 2 saturated carbocycles. The second kappa shape index (κ2) is 6.59. The highest BCUT2D eigenvalue weighted by Gasteiger charge is 2.38. The fraction of sp³-hybridized carbons (Fsp3) is 0.875. The number of carbonyl (C=O) groups is 2. The number of hydrogen-bond donors (Lipinski definition) is 1. The molecule has 2 atom stereocenters. The minimum Gasteiger partial charge on any atom is -0.481 e. The third-order valence-corrected chi connectivity index (χ3v) is 5.08. The van der Waals surface area contributed by atoms with Gasteiger partial charge in [-0.2, -0.15) is 0 Å². The predicted molar refractivity (Wildman–Crippen MR) is 75.3 cm³/mol. The molecule has 0 amide bonds. The standard InChI is InChI=1S/C16H26O4/c1-2-16(9-4-3-5-10-16)20-15(19)13-8-6-7-12(11-13)14(17)18/h12-13H,2-11H2,1H3,(H,17,18). The van der Waals surface area contributed by atoms with Crippen LogP contribution >= 0.6 is 0 Å². The number of carboxylic acid groups (broad SMARTS) is 1. The monoisotopic (exact) mass is 282 g/mol. The number of carboxylic acids is 1. The summed E-state index contributed by atoms with van der Waals surface area (Å²) in [7, 11) is 0. The fourth-order valence-corrected chi connectivity index (χ4v) is 3.65.